The molecule has 1 N–H and O–H groups in total. The summed E-state index contributed by atoms with van der Waals surface area (Å²) in [6, 6.07) is 0. The number of aromatic nitrogens is 2. The van der Waals surface area contributed by atoms with Crippen LogP contribution in [0, 0.1) is 0 Å². The third kappa shape index (κ3) is 1.01. The van der Waals surface area contributed by atoms with E-state index in [1.807, 2.05) is 0 Å². The van der Waals surface area contributed by atoms with E-state index in [9.17, 15) is 0 Å². The van der Waals surface area contributed by atoms with Crippen molar-refractivity contribution in [2.75, 3.05) is 0 Å². The number of hydrogen-bond acceptors (Lipinski definition) is 2. The molecule has 0 amide bonds. The molecule has 0 fully saturated rings. The lowest BCUT2D eigenvalue weighted by atomic mass is 10.5. The Balaban J connectivity index is 2.83. The molecule has 0 aromatic carbocycles. The van der Waals surface area contributed by atoms with Crippen LogP contribution in [0.3, 0.4) is 0 Å². The Labute approximate surface area is 47.6 Å². The molecule has 1 heterocycles. The van der Waals surface area contributed by atoms with Gasteiger partial charge in [-0.2, -0.15) is 0 Å². The number of rotatable bonds is 1. The summed E-state index contributed by atoms with van der Waals surface area (Å²) in [7, 11) is 0. The van der Waals surface area contributed by atoms with Gasteiger partial charge in [-0.1, -0.05) is 0 Å². The number of nitrogens with one attached hydrogen (secondary N) is 1. The molecule has 1 aromatic heterocycles. The molecule has 0 unspecified atom stereocenters. The predicted octanol–water partition coefficient (Wildman–Crippen LogP) is 0.259. The Morgan fingerprint density at radius 3 is 2.75 bits per heavy atom. The van der Waals surface area contributed by atoms with Crippen molar-refractivity contribution in [1.29, 1.82) is 0 Å². The zero-order valence-electron chi connectivity index (χ0n) is 4.33. The standard InChI is InChI=1S/C5H6N3/c6-3-5-4-7-1-2-8-5/h1-2,4,6H,3H2. The largest absolute Gasteiger partial charge is 0.261 e. The third-order valence-corrected chi connectivity index (χ3v) is 0.798. The predicted molar refractivity (Wildman–Crippen MR) is 28.8 cm³/mol. The second-order valence-corrected chi connectivity index (χ2v) is 1.37. The van der Waals surface area contributed by atoms with Crippen molar-refractivity contribution >= 4 is 0 Å². The molecule has 41 valence electrons. The van der Waals surface area contributed by atoms with Crippen LogP contribution in [0.4, 0.5) is 0 Å². The van der Waals surface area contributed by atoms with E-state index < -0.39 is 0 Å². The van der Waals surface area contributed by atoms with E-state index in [0.717, 1.165) is 0 Å². The number of nitrogens with zero attached hydrogens (tertiary/aromatic N) is 2. The van der Waals surface area contributed by atoms with Gasteiger partial charge in [-0.15, -0.1) is 0 Å². The summed E-state index contributed by atoms with van der Waals surface area (Å²) in [6.07, 6.45) is 4.77. The van der Waals surface area contributed by atoms with Crippen LogP contribution < -0.4 is 5.73 Å². The van der Waals surface area contributed by atoms with Crippen LogP contribution in [0.15, 0.2) is 18.6 Å². The maximum atomic E-state index is 6.84. The summed E-state index contributed by atoms with van der Waals surface area (Å²) >= 11 is 0. The first-order chi connectivity index (χ1) is 3.93. The smallest absolute Gasteiger partial charge is 0.0738 e. The van der Waals surface area contributed by atoms with Crippen molar-refractivity contribution < 1.29 is 0 Å². The Morgan fingerprint density at radius 1 is 1.50 bits per heavy atom. The molecule has 0 atom stereocenters. The van der Waals surface area contributed by atoms with Gasteiger partial charge in [0.15, 0.2) is 0 Å². The van der Waals surface area contributed by atoms with Gasteiger partial charge in [0.2, 0.25) is 0 Å². The van der Waals surface area contributed by atoms with Crippen molar-refractivity contribution in [3.8, 4) is 0 Å². The molecule has 0 aliphatic carbocycles. The first-order valence-corrected chi connectivity index (χ1v) is 2.33. The normalized spacial score (nSPS) is 9.12. The van der Waals surface area contributed by atoms with Crippen molar-refractivity contribution in [2.24, 2.45) is 0 Å². The topological polar surface area (TPSA) is 49.6 Å². The molecule has 0 bridgehead atoms. The van der Waals surface area contributed by atoms with E-state index in [0.29, 0.717) is 5.69 Å². The molecular formula is C5H6N3. The minimum Gasteiger partial charge on any atom is -0.261 e. The molecule has 3 heteroatoms. The molecule has 0 saturated carbocycles. The third-order valence-electron chi connectivity index (χ3n) is 0.798. The lowest BCUT2D eigenvalue weighted by Crippen LogP contribution is -1.88. The highest BCUT2D eigenvalue weighted by Crippen LogP contribution is 1.85. The van der Waals surface area contributed by atoms with E-state index in [1.165, 1.54) is 0 Å². The lowest BCUT2D eigenvalue weighted by molar-refractivity contribution is 0.937. The van der Waals surface area contributed by atoms with Crippen molar-refractivity contribution in [3.63, 3.8) is 0 Å². The first-order valence-electron chi connectivity index (χ1n) is 2.33. The van der Waals surface area contributed by atoms with Crippen LogP contribution in [-0.2, 0) is 6.54 Å². The van der Waals surface area contributed by atoms with Gasteiger partial charge < -0.3 is 0 Å². The Hall–Kier alpha value is -0.960. The van der Waals surface area contributed by atoms with E-state index in [2.05, 4.69) is 9.97 Å². The Kier molecular flexibility index (Phi) is 1.54. The summed E-state index contributed by atoms with van der Waals surface area (Å²) in [5.41, 5.74) is 7.56. The zero-order chi connectivity index (χ0) is 5.82. The van der Waals surface area contributed by atoms with E-state index in [-0.39, 0.29) is 6.54 Å². The SMILES string of the molecule is [NH]Cc1cnccn1. The van der Waals surface area contributed by atoms with E-state index >= 15 is 0 Å². The van der Waals surface area contributed by atoms with Crippen LogP contribution in [0.5, 0.6) is 0 Å². The van der Waals surface area contributed by atoms with Gasteiger partial charge in [0.1, 0.15) is 0 Å². The van der Waals surface area contributed by atoms with Gasteiger partial charge in [-0.25, -0.2) is 0 Å². The minimum absolute atomic E-state index is 0.216. The monoisotopic (exact) mass is 108 g/mol. The van der Waals surface area contributed by atoms with Crippen LogP contribution in [0.25, 0.3) is 0 Å². The second-order valence-electron chi connectivity index (χ2n) is 1.37. The molecule has 0 spiro atoms. The average molecular weight is 108 g/mol. The molecule has 0 aliphatic rings. The van der Waals surface area contributed by atoms with Gasteiger partial charge >= 0.3 is 0 Å². The molecule has 1 rings (SSSR count). The van der Waals surface area contributed by atoms with Gasteiger partial charge in [-0.3, -0.25) is 15.7 Å². The van der Waals surface area contributed by atoms with Crippen LogP contribution in [0.1, 0.15) is 5.69 Å². The zero-order valence-corrected chi connectivity index (χ0v) is 4.33. The molecule has 1 aromatic rings. The van der Waals surface area contributed by atoms with Gasteiger partial charge in [0.25, 0.3) is 0 Å². The first kappa shape index (κ1) is 5.18. The molecular weight excluding hydrogens is 102 g/mol. The summed E-state index contributed by atoms with van der Waals surface area (Å²) < 4.78 is 0. The Bertz CT molecular complexity index is 149. The van der Waals surface area contributed by atoms with Gasteiger partial charge in [0.05, 0.1) is 12.2 Å². The average Bonchev–Trinajstić information content (AvgIpc) is 1.90. The highest BCUT2D eigenvalue weighted by atomic mass is 14.8. The fourth-order valence-corrected chi connectivity index (χ4v) is 0.421. The molecule has 0 aliphatic heterocycles. The van der Waals surface area contributed by atoms with Crippen LogP contribution in [0.2, 0.25) is 0 Å². The molecule has 8 heavy (non-hydrogen) atoms. The molecule has 1 radical (unpaired) electrons. The number of hydrogen-bond donors (Lipinski definition) is 0. The fraction of sp³-hybridized carbons (Fsp3) is 0.200. The molecule has 3 nitrogen and oxygen atoms in total. The summed E-state index contributed by atoms with van der Waals surface area (Å²) in [6.45, 7) is 0.216. The van der Waals surface area contributed by atoms with Crippen molar-refractivity contribution in [3.05, 3.63) is 24.3 Å². The quantitative estimate of drug-likeness (QED) is 0.518. The summed E-state index contributed by atoms with van der Waals surface area (Å²) in [4.78, 5) is 7.62. The minimum atomic E-state index is 0.216. The maximum Gasteiger partial charge on any atom is 0.0738 e. The van der Waals surface area contributed by atoms with Crippen molar-refractivity contribution in [2.45, 2.75) is 6.54 Å². The molecule has 0 saturated heterocycles. The van der Waals surface area contributed by atoms with E-state index in [1.54, 1.807) is 18.6 Å². The highest BCUT2D eigenvalue weighted by molar-refractivity contribution is 4.92. The lowest BCUT2D eigenvalue weighted by Gasteiger charge is -1.87. The highest BCUT2D eigenvalue weighted by Gasteiger charge is 1.83. The van der Waals surface area contributed by atoms with Crippen LogP contribution in [-0.4, -0.2) is 9.97 Å². The van der Waals surface area contributed by atoms with Crippen molar-refractivity contribution in [1.82, 2.24) is 15.7 Å². The van der Waals surface area contributed by atoms with Gasteiger partial charge in [-0.05, 0) is 0 Å². The summed E-state index contributed by atoms with van der Waals surface area (Å²) in [5.74, 6) is 0. The van der Waals surface area contributed by atoms with Gasteiger partial charge in [0, 0.05) is 18.6 Å². The fourth-order valence-electron chi connectivity index (χ4n) is 0.421. The van der Waals surface area contributed by atoms with E-state index in [4.69, 9.17) is 5.73 Å². The summed E-state index contributed by atoms with van der Waals surface area (Å²) in [5, 5.41) is 0. The Morgan fingerprint density at radius 2 is 2.38 bits per heavy atom. The second kappa shape index (κ2) is 2.37. The maximum absolute atomic E-state index is 6.84. The van der Waals surface area contributed by atoms with Crippen LogP contribution >= 0.6 is 0 Å².